The predicted octanol–water partition coefficient (Wildman–Crippen LogP) is 3.26. The number of hydrogen-bond acceptors (Lipinski definition) is 5. The lowest BCUT2D eigenvalue weighted by Gasteiger charge is -2.18. The molecule has 0 spiro atoms. The van der Waals surface area contributed by atoms with Gasteiger partial charge in [0.1, 0.15) is 11.9 Å². The average molecular weight is 430 g/mol. The fraction of sp³-hybridized carbons (Fsp3) is 0.364. The van der Waals surface area contributed by atoms with Gasteiger partial charge in [-0.15, -0.1) is 0 Å². The quantitative estimate of drug-likeness (QED) is 0.555. The maximum Gasteiger partial charge on any atom is 0.323 e. The third-order valence-corrected chi connectivity index (χ3v) is 6.40. The molecule has 2 aromatic carbocycles. The van der Waals surface area contributed by atoms with Gasteiger partial charge in [0.05, 0.1) is 23.0 Å². The van der Waals surface area contributed by atoms with Crippen LogP contribution in [0.15, 0.2) is 53.4 Å². The van der Waals surface area contributed by atoms with Gasteiger partial charge in [-0.3, -0.25) is 4.79 Å². The standard InChI is InChI=1S/C22H27N3O4S/c1-15(2)13-20(22(26)29-4)24-30(27,28)18-11-9-17(10-12-18)14-25-16(3)23-19-7-5-6-8-21(19)25/h5-12,15,20,24H,13-14H2,1-4H3/t20-/m1/s1. The number of methoxy groups -OCH3 is 1. The van der Waals surface area contributed by atoms with Gasteiger partial charge < -0.3 is 9.30 Å². The van der Waals surface area contributed by atoms with Crippen molar-refractivity contribution in [2.45, 2.75) is 44.7 Å². The molecular formula is C22H27N3O4S. The van der Waals surface area contributed by atoms with E-state index in [1.54, 1.807) is 24.3 Å². The molecule has 7 nitrogen and oxygen atoms in total. The number of fused-ring (bicyclic) bond motifs is 1. The number of carbonyl (C=O) groups is 1. The Kier molecular flexibility index (Phi) is 6.58. The Balaban J connectivity index is 1.80. The van der Waals surface area contributed by atoms with Crippen LogP contribution in [0.5, 0.6) is 0 Å². The van der Waals surface area contributed by atoms with Crippen LogP contribution in [-0.2, 0) is 26.1 Å². The second-order valence-corrected chi connectivity index (χ2v) is 9.42. The summed E-state index contributed by atoms with van der Waals surface area (Å²) in [6.07, 6.45) is 0.358. The fourth-order valence-electron chi connectivity index (χ4n) is 3.41. The minimum atomic E-state index is -3.85. The highest BCUT2D eigenvalue weighted by Gasteiger charge is 2.27. The predicted molar refractivity (Wildman–Crippen MR) is 116 cm³/mol. The molecule has 8 heteroatoms. The summed E-state index contributed by atoms with van der Waals surface area (Å²) in [5.41, 5.74) is 2.91. The molecule has 1 heterocycles. The number of benzene rings is 2. The van der Waals surface area contributed by atoms with Crippen molar-refractivity contribution < 1.29 is 17.9 Å². The molecule has 0 radical (unpaired) electrons. The van der Waals surface area contributed by atoms with Gasteiger partial charge in [0.15, 0.2) is 0 Å². The van der Waals surface area contributed by atoms with Gasteiger partial charge >= 0.3 is 5.97 Å². The molecule has 3 rings (SSSR count). The molecule has 0 saturated carbocycles. The molecule has 0 unspecified atom stereocenters. The minimum Gasteiger partial charge on any atom is -0.468 e. The van der Waals surface area contributed by atoms with Gasteiger partial charge in [0.25, 0.3) is 0 Å². The summed E-state index contributed by atoms with van der Waals surface area (Å²) in [6, 6.07) is 13.6. The van der Waals surface area contributed by atoms with Crippen LogP contribution in [-0.4, -0.2) is 37.1 Å². The molecule has 3 aromatic rings. The number of rotatable bonds is 8. The van der Waals surface area contributed by atoms with Crippen molar-refractivity contribution in [1.82, 2.24) is 14.3 Å². The van der Waals surface area contributed by atoms with Crippen LogP contribution in [0.3, 0.4) is 0 Å². The van der Waals surface area contributed by atoms with Crippen LogP contribution in [0.25, 0.3) is 11.0 Å². The first kappa shape index (κ1) is 22.0. The van der Waals surface area contributed by atoms with Crippen LogP contribution in [0, 0.1) is 12.8 Å². The molecule has 1 N–H and O–H groups in total. The van der Waals surface area contributed by atoms with Crippen molar-refractivity contribution >= 4 is 27.0 Å². The number of aryl methyl sites for hydroxylation is 1. The van der Waals surface area contributed by atoms with Crippen molar-refractivity contribution in [1.29, 1.82) is 0 Å². The molecule has 0 fully saturated rings. The average Bonchev–Trinajstić information content (AvgIpc) is 3.02. The third-order valence-electron chi connectivity index (χ3n) is 4.91. The molecule has 0 aliphatic heterocycles. The lowest BCUT2D eigenvalue weighted by molar-refractivity contribution is -0.143. The Morgan fingerprint density at radius 2 is 1.80 bits per heavy atom. The number of ether oxygens (including phenoxy) is 1. The molecular weight excluding hydrogens is 402 g/mol. The van der Waals surface area contributed by atoms with Crippen LogP contribution >= 0.6 is 0 Å². The van der Waals surface area contributed by atoms with E-state index in [-0.39, 0.29) is 10.8 Å². The van der Waals surface area contributed by atoms with Crippen molar-refractivity contribution in [2.24, 2.45) is 5.92 Å². The molecule has 1 aromatic heterocycles. The Labute approximate surface area is 177 Å². The van der Waals surface area contributed by atoms with Gasteiger partial charge in [-0.25, -0.2) is 13.4 Å². The lowest BCUT2D eigenvalue weighted by Crippen LogP contribution is -2.42. The van der Waals surface area contributed by atoms with E-state index in [9.17, 15) is 13.2 Å². The van der Waals surface area contributed by atoms with Gasteiger partial charge in [-0.05, 0) is 49.1 Å². The summed E-state index contributed by atoms with van der Waals surface area (Å²) in [5.74, 6) is 0.433. The zero-order valence-corrected chi connectivity index (χ0v) is 18.4. The second-order valence-electron chi connectivity index (χ2n) is 7.70. The number of sulfonamides is 1. The Morgan fingerprint density at radius 3 is 2.43 bits per heavy atom. The number of aromatic nitrogens is 2. The molecule has 0 bridgehead atoms. The Bertz CT molecular complexity index is 1130. The zero-order chi connectivity index (χ0) is 21.9. The Hall–Kier alpha value is -2.71. The van der Waals surface area contributed by atoms with Crippen LogP contribution in [0.4, 0.5) is 0 Å². The number of para-hydroxylation sites is 2. The van der Waals surface area contributed by atoms with Crippen LogP contribution in [0.1, 0.15) is 31.7 Å². The zero-order valence-electron chi connectivity index (χ0n) is 17.6. The third kappa shape index (κ3) is 4.88. The van der Waals surface area contributed by atoms with E-state index in [1.807, 2.05) is 45.0 Å². The SMILES string of the molecule is COC(=O)[C@@H](CC(C)C)NS(=O)(=O)c1ccc(Cn2c(C)nc3ccccc32)cc1. The Morgan fingerprint density at radius 1 is 1.13 bits per heavy atom. The topological polar surface area (TPSA) is 90.3 Å². The van der Waals surface area contributed by atoms with E-state index >= 15 is 0 Å². The number of hydrogen-bond donors (Lipinski definition) is 1. The van der Waals surface area contributed by atoms with E-state index < -0.39 is 22.0 Å². The molecule has 160 valence electrons. The van der Waals surface area contributed by atoms with Crippen molar-refractivity contribution in [2.75, 3.05) is 7.11 Å². The van der Waals surface area contributed by atoms with Gasteiger partial charge in [0, 0.05) is 6.54 Å². The van der Waals surface area contributed by atoms with E-state index in [4.69, 9.17) is 4.74 Å². The molecule has 0 saturated heterocycles. The summed E-state index contributed by atoms with van der Waals surface area (Å²) in [6.45, 7) is 6.37. The largest absolute Gasteiger partial charge is 0.468 e. The first-order chi connectivity index (χ1) is 14.2. The molecule has 0 aliphatic rings. The van der Waals surface area contributed by atoms with Crippen molar-refractivity contribution in [3.63, 3.8) is 0 Å². The monoisotopic (exact) mass is 429 g/mol. The molecule has 30 heavy (non-hydrogen) atoms. The summed E-state index contributed by atoms with van der Waals surface area (Å²) >= 11 is 0. The normalized spacial score (nSPS) is 13.0. The van der Waals surface area contributed by atoms with E-state index in [1.165, 1.54) is 7.11 Å². The first-order valence-corrected chi connectivity index (χ1v) is 11.3. The maximum absolute atomic E-state index is 12.8. The number of imidazole rings is 1. The summed E-state index contributed by atoms with van der Waals surface area (Å²) in [7, 11) is -2.60. The van der Waals surface area contributed by atoms with Crippen LogP contribution in [0.2, 0.25) is 0 Å². The first-order valence-electron chi connectivity index (χ1n) is 9.82. The smallest absolute Gasteiger partial charge is 0.323 e. The summed E-state index contributed by atoms with van der Waals surface area (Å²) in [4.78, 5) is 16.6. The van der Waals surface area contributed by atoms with Crippen molar-refractivity contribution in [3.8, 4) is 0 Å². The maximum atomic E-state index is 12.8. The highest BCUT2D eigenvalue weighted by Crippen LogP contribution is 2.19. The summed E-state index contributed by atoms with van der Waals surface area (Å²) < 4.78 is 34.8. The van der Waals surface area contributed by atoms with Crippen LogP contribution < -0.4 is 4.72 Å². The fourth-order valence-corrected chi connectivity index (χ4v) is 4.61. The van der Waals surface area contributed by atoms with Gasteiger partial charge in [0.2, 0.25) is 10.0 Å². The van der Waals surface area contributed by atoms with Crippen molar-refractivity contribution in [3.05, 3.63) is 59.9 Å². The van der Waals surface area contributed by atoms with Gasteiger partial charge in [-0.2, -0.15) is 4.72 Å². The molecule has 0 amide bonds. The molecule has 0 aliphatic carbocycles. The number of nitrogens with one attached hydrogen (secondary N) is 1. The number of carbonyl (C=O) groups excluding carboxylic acids is 1. The highest BCUT2D eigenvalue weighted by atomic mass is 32.2. The number of nitrogens with zero attached hydrogens (tertiary/aromatic N) is 2. The van der Waals surface area contributed by atoms with E-state index in [0.29, 0.717) is 13.0 Å². The minimum absolute atomic E-state index is 0.108. The summed E-state index contributed by atoms with van der Waals surface area (Å²) in [5, 5.41) is 0. The number of esters is 1. The van der Waals surface area contributed by atoms with E-state index in [2.05, 4.69) is 14.3 Å². The second kappa shape index (κ2) is 8.97. The lowest BCUT2D eigenvalue weighted by atomic mass is 10.1. The highest BCUT2D eigenvalue weighted by molar-refractivity contribution is 7.89. The van der Waals surface area contributed by atoms with E-state index in [0.717, 1.165) is 22.4 Å². The molecule has 1 atom stereocenters. The van der Waals surface area contributed by atoms with Gasteiger partial charge in [-0.1, -0.05) is 38.1 Å².